The highest BCUT2D eigenvalue weighted by atomic mass is 32.2. The first-order valence-electron chi connectivity index (χ1n) is 6.37. The average Bonchev–Trinajstić information content (AvgIpc) is 2.94. The third-order valence-corrected chi connectivity index (χ3v) is 4.73. The molecular weight excluding hydrogens is 292 g/mol. The normalized spacial score (nSPS) is 20.6. The zero-order chi connectivity index (χ0) is 15.3. The van der Waals surface area contributed by atoms with E-state index in [1.807, 2.05) is 30.3 Å². The topological polar surface area (TPSA) is 98.8 Å². The number of rotatable bonds is 6. The molecule has 112 valence electrons. The molecule has 0 saturated carbocycles. The zero-order valence-corrected chi connectivity index (χ0v) is 12.1. The van der Waals surface area contributed by atoms with Gasteiger partial charge in [-0.05, 0) is 18.1 Å². The van der Waals surface area contributed by atoms with Crippen molar-refractivity contribution in [1.82, 2.24) is 0 Å². The van der Waals surface area contributed by atoms with Crippen molar-refractivity contribution in [3.05, 3.63) is 48.2 Å². The van der Waals surface area contributed by atoms with Crippen molar-refractivity contribution in [2.24, 2.45) is 10.1 Å². The Kier molecular flexibility index (Phi) is 4.54. The van der Waals surface area contributed by atoms with E-state index in [-0.39, 0.29) is 19.4 Å². The summed E-state index contributed by atoms with van der Waals surface area (Å²) in [4.78, 5) is 15.5. The summed E-state index contributed by atoms with van der Waals surface area (Å²) in [5.74, 6) is -0.476. The summed E-state index contributed by atoms with van der Waals surface area (Å²) < 4.78 is 27.0. The largest absolute Gasteiger partial charge is 0.461 e. The van der Waals surface area contributed by atoms with Crippen molar-refractivity contribution in [1.29, 1.82) is 0 Å². The SMILES string of the molecule is NS(=O)(=O)C1(CCC(=O)OCc2ccccc2)C=CN=C1. The number of benzene rings is 1. The fourth-order valence-corrected chi connectivity index (χ4v) is 2.79. The Morgan fingerprint density at radius 1 is 1.29 bits per heavy atom. The number of hydrogen-bond acceptors (Lipinski definition) is 5. The Hall–Kier alpha value is -1.99. The summed E-state index contributed by atoms with van der Waals surface area (Å²) in [5, 5.41) is 5.20. The molecule has 0 aliphatic carbocycles. The molecule has 0 aromatic heterocycles. The van der Waals surface area contributed by atoms with Crippen molar-refractivity contribution >= 4 is 22.2 Å². The monoisotopic (exact) mass is 308 g/mol. The minimum atomic E-state index is -3.87. The molecular formula is C14H16N2O4S. The van der Waals surface area contributed by atoms with Crippen LogP contribution < -0.4 is 5.14 Å². The highest BCUT2D eigenvalue weighted by Gasteiger charge is 2.39. The molecule has 7 heteroatoms. The van der Waals surface area contributed by atoms with Gasteiger partial charge in [-0.3, -0.25) is 9.79 Å². The van der Waals surface area contributed by atoms with E-state index in [2.05, 4.69) is 4.99 Å². The lowest BCUT2D eigenvalue weighted by Gasteiger charge is -2.20. The number of hydrogen-bond donors (Lipinski definition) is 1. The molecule has 2 N–H and O–H groups in total. The van der Waals surface area contributed by atoms with E-state index in [1.54, 1.807) is 0 Å². The molecule has 0 radical (unpaired) electrons. The summed E-state index contributed by atoms with van der Waals surface area (Å²) >= 11 is 0. The molecule has 1 unspecified atom stereocenters. The van der Waals surface area contributed by atoms with Crippen LogP contribution in [-0.4, -0.2) is 25.3 Å². The van der Waals surface area contributed by atoms with Gasteiger partial charge in [-0.1, -0.05) is 30.3 Å². The van der Waals surface area contributed by atoms with Crippen LogP contribution >= 0.6 is 0 Å². The average molecular weight is 308 g/mol. The first-order valence-corrected chi connectivity index (χ1v) is 7.91. The summed E-state index contributed by atoms with van der Waals surface area (Å²) in [6.07, 6.45) is 3.94. The predicted molar refractivity (Wildman–Crippen MR) is 78.9 cm³/mol. The molecule has 1 heterocycles. The first-order chi connectivity index (χ1) is 9.93. The van der Waals surface area contributed by atoms with Crippen molar-refractivity contribution in [2.45, 2.75) is 24.2 Å². The number of sulfonamides is 1. The van der Waals surface area contributed by atoms with Crippen LogP contribution in [0.25, 0.3) is 0 Å². The molecule has 21 heavy (non-hydrogen) atoms. The molecule has 6 nitrogen and oxygen atoms in total. The van der Waals surface area contributed by atoms with Crippen LogP contribution in [0.4, 0.5) is 0 Å². The quantitative estimate of drug-likeness (QED) is 0.796. The third kappa shape index (κ3) is 3.77. The Bertz CT molecular complexity index is 653. The van der Waals surface area contributed by atoms with Crippen LogP contribution in [0.15, 0.2) is 47.6 Å². The number of aliphatic imine (C=N–C) groups is 1. The minimum absolute atomic E-state index is 0.0133. The summed E-state index contributed by atoms with van der Waals surface area (Å²) in [5.41, 5.74) is 0.870. The van der Waals surface area contributed by atoms with Crippen molar-refractivity contribution in [2.75, 3.05) is 0 Å². The van der Waals surface area contributed by atoms with Gasteiger partial charge in [0.25, 0.3) is 0 Å². The fraction of sp³-hybridized carbons (Fsp3) is 0.286. The summed E-state index contributed by atoms with van der Waals surface area (Å²) in [6.45, 7) is 0.159. The van der Waals surface area contributed by atoms with Crippen LogP contribution in [0.3, 0.4) is 0 Å². The lowest BCUT2D eigenvalue weighted by atomic mass is 10.1. The van der Waals surface area contributed by atoms with E-state index in [0.717, 1.165) is 5.56 Å². The second-order valence-electron chi connectivity index (χ2n) is 4.74. The van der Waals surface area contributed by atoms with E-state index < -0.39 is 20.7 Å². The van der Waals surface area contributed by atoms with E-state index >= 15 is 0 Å². The number of nitrogens with zero attached hydrogens (tertiary/aromatic N) is 1. The number of esters is 1. The number of primary sulfonamides is 1. The van der Waals surface area contributed by atoms with Gasteiger partial charge in [0.05, 0.1) is 0 Å². The number of nitrogens with two attached hydrogens (primary N) is 1. The molecule has 1 aromatic carbocycles. The second-order valence-corrected chi connectivity index (χ2v) is 6.59. The van der Waals surface area contributed by atoms with Crippen LogP contribution in [0, 0.1) is 0 Å². The van der Waals surface area contributed by atoms with Crippen LogP contribution in [0.5, 0.6) is 0 Å². The van der Waals surface area contributed by atoms with Gasteiger partial charge in [-0.2, -0.15) is 0 Å². The molecule has 1 aromatic rings. The Morgan fingerprint density at radius 2 is 2.00 bits per heavy atom. The van der Waals surface area contributed by atoms with Gasteiger partial charge in [0.15, 0.2) is 0 Å². The first kappa shape index (κ1) is 15.4. The van der Waals surface area contributed by atoms with Gasteiger partial charge in [0.2, 0.25) is 10.0 Å². The Morgan fingerprint density at radius 3 is 2.57 bits per heavy atom. The fourth-order valence-electron chi connectivity index (χ4n) is 1.95. The number of ether oxygens (including phenoxy) is 1. The van der Waals surface area contributed by atoms with Crippen molar-refractivity contribution in [3.63, 3.8) is 0 Å². The van der Waals surface area contributed by atoms with Crippen LogP contribution in [0.1, 0.15) is 18.4 Å². The lowest BCUT2D eigenvalue weighted by molar-refractivity contribution is -0.145. The van der Waals surface area contributed by atoms with E-state index in [4.69, 9.17) is 9.88 Å². The van der Waals surface area contributed by atoms with Gasteiger partial charge < -0.3 is 4.74 Å². The maximum Gasteiger partial charge on any atom is 0.306 e. The van der Waals surface area contributed by atoms with E-state index in [1.165, 1.54) is 18.5 Å². The highest BCUT2D eigenvalue weighted by molar-refractivity contribution is 7.91. The third-order valence-electron chi connectivity index (χ3n) is 3.23. The predicted octanol–water partition coefficient (Wildman–Crippen LogP) is 1.14. The molecule has 0 fully saturated rings. The molecule has 1 aliphatic rings. The lowest BCUT2D eigenvalue weighted by Crippen LogP contribution is -2.42. The van der Waals surface area contributed by atoms with Gasteiger partial charge in [0, 0.05) is 18.8 Å². The summed E-state index contributed by atoms with van der Waals surface area (Å²) in [6, 6.07) is 9.24. The van der Waals surface area contributed by atoms with Crippen molar-refractivity contribution < 1.29 is 17.9 Å². The standard InChI is InChI=1S/C14H16N2O4S/c15-21(18,19)14(8-9-16-11-14)7-6-13(17)20-10-12-4-2-1-3-5-12/h1-5,8-9,11H,6-7,10H2,(H2,15,18,19). The van der Waals surface area contributed by atoms with Gasteiger partial charge >= 0.3 is 5.97 Å². The smallest absolute Gasteiger partial charge is 0.306 e. The van der Waals surface area contributed by atoms with E-state index in [9.17, 15) is 13.2 Å². The molecule has 0 bridgehead atoms. The minimum Gasteiger partial charge on any atom is -0.461 e. The molecule has 0 amide bonds. The van der Waals surface area contributed by atoms with E-state index in [0.29, 0.717) is 0 Å². The van der Waals surface area contributed by atoms with Crippen LogP contribution in [-0.2, 0) is 26.2 Å². The zero-order valence-electron chi connectivity index (χ0n) is 11.3. The maximum absolute atomic E-state index is 11.7. The molecule has 1 atom stereocenters. The van der Waals surface area contributed by atoms with Gasteiger partial charge in [-0.15, -0.1) is 0 Å². The van der Waals surface area contributed by atoms with Gasteiger partial charge in [0.1, 0.15) is 11.4 Å². The molecule has 0 saturated heterocycles. The molecule has 2 rings (SSSR count). The maximum atomic E-state index is 11.7. The Balaban J connectivity index is 1.89. The van der Waals surface area contributed by atoms with Gasteiger partial charge in [-0.25, -0.2) is 13.6 Å². The Labute approximate surface area is 123 Å². The summed E-state index contributed by atoms with van der Waals surface area (Å²) in [7, 11) is -3.87. The number of carbonyl (C=O) groups excluding carboxylic acids is 1. The van der Waals surface area contributed by atoms with Crippen molar-refractivity contribution in [3.8, 4) is 0 Å². The second kappa shape index (κ2) is 6.19. The van der Waals surface area contributed by atoms with Crippen LogP contribution in [0.2, 0.25) is 0 Å². The molecule has 0 spiro atoms. The number of carbonyl (C=O) groups is 1. The highest BCUT2D eigenvalue weighted by Crippen LogP contribution is 2.25. The molecule has 1 aliphatic heterocycles.